The number of fused-ring (bicyclic) bond motifs is 7. The van der Waals surface area contributed by atoms with Gasteiger partial charge < -0.3 is 19.3 Å². The van der Waals surface area contributed by atoms with Crippen LogP contribution in [-0.2, 0) is 10.8 Å². The first-order valence-electron chi connectivity index (χ1n) is 32.3. The molecule has 442 valence electrons. The molecule has 4 nitrogen and oxygen atoms in total. The molecule has 0 saturated carbocycles. The van der Waals surface area contributed by atoms with Crippen LogP contribution in [-0.4, -0.2) is 11.3 Å². The van der Waals surface area contributed by atoms with Gasteiger partial charge in [-0.05, 0) is 205 Å². The average molecular weight is 1180 g/mol. The van der Waals surface area contributed by atoms with E-state index in [0.29, 0.717) is 0 Å². The van der Waals surface area contributed by atoms with E-state index < -0.39 is 0 Å². The number of benzene rings is 13. The summed E-state index contributed by atoms with van der Waals surface area (Å²) in [7, 11) is 0. The van der Waals surface area contributed by atoms with Crippen LogP contribution in [0.5, 0.6) is 0 Å². The first-order valence-corrected chi connectivity index (χ1v) is 32.3. The van der Waals surface area contributed by atoms with Crippen molar-refractivity contribution in [3.05, 3.63) is 320 Å². The Hall–Kier alpha value is -10.9. The molecule has 92 heavy (non-hydrogen) atoms. The summed E-state index contributed by atoms with van der Waals surface area (Å²) in [5.74, 6) is 0. The van der Waals surface area contributed by atoms with Crippen molar-refractivity contribution >= 4 is 96.1 Å². The second kappa shape index (κ2) is 22.3. The molecule has 2 aliphatic heterocycles. The summed E-state index contributed by atoms with van der Waals surface area (Å²) < 4.78 is 2.50. The second-order valence-electron chi connectivity index (χ2n) is 27.1. The molecule has 0 fully saturated rings. The van der Waals surface area contributed by atoms with Crippen molar-refractivity contribution in [2.75, 3.05) is 14.7 Å². The molecule has 0 spiro atoms. The molecule has 0 atom stereocenters. The number of para-hydroxylation sites is 3. The van der Waals surface area contributed by atoms with Crippen LogP contribution in [0.15, 0.2) is 303 Å². The second-order valence-corrected chi connectivity index (χ2v) is 27.1. The molecule has 0 bridgehead atoms. The van der Waals surface area contributed by atoms with Crippen LogP contribution in [0.1, 0.15) is 58.2 Å². The van der Waals surface area contributed by atoms with Gasteiger partial charge in [0.2, 0.25) is 0 Å². The molecule has 14 aromatic rings. The summed E-state index contributed by atoms with van der Waals surface area (Å²) in [6.07, 6.45) is 0. The van der Waals surface area contributed by atoms with Crippen LogP contribution in [0.4, 0.5) is 51.2 Å². The third-order valence-corrected chi connectivity index (χ3v) is 19.0. The normalized spacial score (nSPS) is 12.7. The molecule has 0 saturated heterocycles. The molecule has 0 N–H and O–H groups in total. The maximum Gasteiger partial charge on any atom is 0.252 e. The molecule has 3 heterocycles. The molecule has 13 aromatic carbocycles. The highest BCUT2D eigenvalue weighted by Crippen LogP contribution is 2.50. The fraction of sp³-hybridized carbons (Fsp3) is 0.103. The van der Waals surface area contributed by atoms with Gasteiger partial charge in [0, 0.05) is 67.6 Å². The van der Waals surface area contributed by atoms with E-state index in [-0.39, 0.29) is 17.5 Å². The zero-order valence-corrected chi connectivity index (χ0v) is 53.2. The van der Waals surface area contributed by atoms with Gasteiger partial charge in [-0.2, -0.15) is 0 Å². The minimum absolute atomic E-state index is 0.0234. The summed E-state index contributed by atoms with van der Waals surface area (Å²) in [6.45, 7) is 16.2. The standard InChI is InChI=1S/C87H71BN4/c1-58-46-64(59-26-13-8-14-27-59)50-73(47-58)91-82-57-72(90-79-39-24-23-38-75(79)76-56-71(42-45-80(76)90)89(69-34-19-11-20-35-69)70-36-21-12-22-37-70)41-44-78(82)88-77-43-40-63(62-32-25-33-67(49-62)86(2,3)4)53-81(77)92(84-55-68(87(5,6)7)54-83(91)85(84)88)74-51-65(60-28-15-9-16-29-60)48-66(52-74)61-30-17-10-18-31-61/h8-57H,1-7H3. The van der Waals surface area contributed by atoms with E-state index in [9.17, 15) is 0 Å². The Balaban J connectivity index is 0.982. The SMILES string of the molecule is Cc1cc(-c2ccccc2)cc(N2c3cc(-n4c5ccccc5c5cc(N(c6ccccc6)c6ccccc6)ccc54)ccc3B3c4ccc(-c5cccc(C(C)(C)C)c5)cc4N(c4cc(-c5ccccc5)cc(-c5ccccc5)c4)c4cc(C(C)(C)C)cc2c43)c1. The number of rotatable bonds is 10. The highest BCUT2D eigenvalue weighted by molar-refractivity contribution is 7.00. The van der Waals surface area contributed by atoms with Crippen LogP contribution in [0.25, 0.3) is 72.0 Å². The Morgan fingerprint density at radius 3 is 1.35 bits per heavy atom. The summed E-state index contributed by atoms with van der Waals surface area (Å²) in [5, 5.41) is 2.39. The molecule has 2 aliphatic rings. The Kier molecular flexibility index (Phi) is 13.6. The lowest BCUT2D eigenvalue weighted by Crippen LogP contribution is -2.61. The molecule has 0 radical (unpaired) electrons. The number of aromatic nitrogens is 1. The maximum atomic E-state index is 2.63. The largest absolute Gasteiger partial charge is 0.311 e. The van der Waals surface area contributed by atoms with Gasteiger partial charge in [0.25, 0.3) is 6.71 Å². The number of nitrogens with zero attached hydrogens (tertiary/aromatic N) is 4. The third kappa shape index (κ3) is 9.88. The Morgan fingerprint density at radius 2 is 0.772 bits per heavy atom. The predicted octanol–water partition coefficient (Wildman–Crippen LogP) is 21.9. The van der Waals surface area contributed by atoms with E-state index in [2.05, 4.69) is 371 Å². The summed E-state index contributed by atoms with van der Waals surface area (Å²) in [5.41, 5.74) is 30.4. The third-order valence-electron chi connectivity index (χ3n) is 19.0. The van der Waals surface area contributed by atoms with Crippen LogP contribution < -0.4 is 31.1 Å². The molecule has 0 aliphatic carbocycles. The van der Waals surface area contributed by atoms with E-state index in [0.717, 1.165) is 50.8 Å². The smallest absolute Gasteiger partial charge is 0.252 e. The van der Waals surface area contributed by atoms with Crippen molar-refractivity contribution in [3.63, 3.8) is 0 Å². The van der Waals surface area contributed by atoms with Gasteiger partial charge in [0.15, 0.2) is 0 Å². The fourth-order valence-corrected chi connectivity index (χ4v) is 14.5. The van der Waals surface area contributed by atoms with Gasteiger partial charge in [0.05, 0.1) is 11.0 Å². The lowest BCUT2D eigenvalue weighted by atomic mass is 9.33. The molecule has 0 unspecified atom stereocenters. The average Bonchev–Trinajstić information content (AvgIpc) is 0.737. The van der Waals surface area contributed by atoms with Crippen LogP contribution >= 0.6 is 0 Å². The van der Waals surface area contributed by atoms with Crippen molar-refractivity contribution in [1.82, 2.24) is 4.57 Å². The van der Waals surface area contributed by atoms with Gasteiger partial charge in [-0.15, -0.1) is 0 Å². The maximum absolute atomic E-state index is 2.63. The van der Waals surface area contributed by atoms with Crippen LogP contribution in [0.3, 0.4) is 0 Å². The Bertz CT molecular complexity index is 5040. The van der Waals surface area contributed by atoms with Crippen molar-refractivity contribution in [3.8, 4) is 50.2 Å². The lowest BCUT2D eigenvalue weighted by molar-refractivity contribution is 0.590. The summed E-state index contributed by atoms with van der Waals surface area (Å²) in [6, 6.07) is 113. The van der Waals surface area contributed by atoms with Gasteiger partial charge in [-0.1, -0.05) is 236 Å². The van der Waals surface area contributed by atoms with Gasteiger partial charge in [0.1, 0.15) is 0 Å². The highest BCUT2D eigenvalue weighted by atomic mass is 15.2. The van der Waals surface area contributed by atoms with Crippen molar-refractivity contribution in [2.24, 2.45) is 0 Å². The quantitative estimate of drug-likeness (QED) is 0.127. The van der Waals surface area contributed by atoms with Gasteiger partial charge in [-0.25, -0.2) is 0 Å². The summed E-state index contributed by atoms with van der Waals surface area (Å²) >= 11 is 0. The predicted molar refractivity (Wildman–Crippen MR) is 393 cm³/mol. The van der Waals surface area contributed by atoms with Crippen molar-refractivity contribution in [2.45, 2.75) is 59.3 Å². The monoisotopic (exact) mass is 1180 g/mol. The first-order chi connectivity index (χ1) is 44.8. The van der Waals surface area contributed by atoms with E-state index in [1.807, 2.05) is 0 Å². The molecular weight excluding hydrogens is 1110 g/mol. The van der Waals surface area contributed by atoms with Crippen LogP contribution in [0.2, 0.25) is 0 Å². The molecular formula is C87H71BN4. The highest BCUT2D eigenvalue weighted by Gasteiger charge is 2.45. The van der Waals surface area contributed by atoms with E-state index in [1.54, 1.807) is 0 Å². The van der Waals surface area contributed by atoms with Crippen LogP contribution in [0, 0.1) is 6.92 Å². The van der Waals surface area contributed by atoms with Crippen molar-refractivity contribution < 1.29 is 0 Å². The Labute approximate surface area is 541 Å². The Morgan fingerprint density at radius 1 is 0.293 bits per heavy atom. The van der Waals surface area contributed by atoms with E-state index >= 15 is 0 Å². The molecule has 16 rings (SSSR count). The number of hydrogen-bond donors (Lipinski definition) is 0. The first kappa shape index (κ1) is 56.4. The minimum Gasteiger partial charge on any atom is -0.311 e. The molecule has 0 amide bonds. The number of anilines is 9. The summed E-state index contributed by atoms with van der Waals surface area (Å²) in [4.78, 5) is 7.61. The minimum atomic E-state index is -0.239. The van der Waals surface area contributed by atoms with E-state index in [4.69, 9.17) is 0 Å². The topological polar surface area (TPSA) is 14.7 Å². The molecule has 1 aromatic heterocycles. The number of aryl methyl sites for hydroxylation is 1. The number of hydrogen-bond acceptors (Lipinski definition) is 3. The fourth-order valence-electron chi connectivity index (χ4n) is 14.5. The lowest BCUT2D eigenvalue weighted by Gasteiger charge is -2.45. The van der Waals surface area contributed by atoms with Crippen molar-refractivity contribution in [1.29, 1.82) is 0 Å². The van der Waals surface area contributed by atoms with E-state index in [1.165, 1.54) is 105 Å². The zero-order chi connectivity index (χ0) is 62.4. The zero-order valence-electron chi connectivity index (χ0n) is 53.2. The van der Waals surface area contributed by atoms with Gasteiger partial charge in [-0.3, -0.25) is 0 Å². The molecule has 5 heteroatoms. The van der Waals surface area contributed by atoms with Gasteiger partial charge >= 0.3 is 0 Å².